The normalized spacial score (nSPS) is 11.9. The molecule has 16 heavy (non-hydrogen) atoms. The number of carboxylic acids is 1. The number of nitrogens with one attached hydrogen (secondary N) is 1. The van der Waals surface area contributed by atoms with E-state index in [2.05, 4.69) is 5.32 Å². The van der Waals surface area contributed by atoms with Crippen LogP contribution in [0.4, 0.5) is 15.8 Å². The summed E-state index contributed by atoms with van der Waals surface area (Å²) in [5.74, 6) is -1.90. The summed E-state index contributed by atoms with van der Waals surface area (Å²) in [6.45, 7) is 1.33. The summed E-state index contributed by atoms with van der Waals surface area (Å²) in [4.78, 5) is 20.3. The smallest absolute Gasteiger partial charge is 0.325 e. The van der Waals surface area contributed by atoms with Crippen LogP contribution in [-0.4, -0.2) is 22.0 Å². The van der Waals surface area contributed by atoms with E-state index in [9.17, 15) is 19.3 Å². The molecule has 0 fully saturated rings. The number of rotatable bonds is 4. The Morgan fingerprint density at radius 3 is 2.75 bits per heavy atom. The fourth-order valence-electron chi connectivity index (χ4n) is 1.07. The number of benzene rings is 1. The zero-order valence-corrected chi connectivity index (χ0v) is 8.31. The van der Waals surface area contributed by atoms with Gasteiger partial charge in [-0.3, -0.25) is 14.9 Å². The van der Waals surface area contributed by atoms with Crippen molar-refractivity contribution in [2.75, 3.05) is 5.32 Å². The zero-order chi connectivity index (χ0) is 12.3. The summed E-state index contributed by atoms with van der Waals surface area (Å²) in [5, 5.41) is 21.6. The van der Waals surface area contributed by atoms with Crippen LogP contribution in [0, 0.1) is 15.9 Å². The molecule has 2 N–H and O–H groups in total. The predicted octanol–water partition coefficient (Wildman–Crippen LogP) is 1.62. The lowest BCUT2D eigenvalue weighted by Crippen LogP contribution is -2.25. The van der Waals surface area contributed by atoms with Crippen LogP contribution in [0.25, 0.3) is 0 Å². The van der Waals surface area contributed by atoms with Crippen LogP contribution in [0.15, 0.2) is 18.2 Å². The standard InChI is InChI=1S/C9H9FN2O4/c1-5(9(13)14)11-7-3-2-6(10)4-8(7)12(15)16/h2-5,11H,1H3,(H,13,14). The fourth-order valence-corrected chi connectivity index (χ4v) is 1.07. The number of aliphatic carboxylic acids is 1. The fraction of sp³-hybridized carbons (Fsp3) is 0.222. The molecule has 1 aromatic carbocycles. The molecule has 0 aromatic heterocycles. The molecule has 0 spiro atoms. The van der Waals surface area contributed by atoms with Gasteiger partial charge in [-0.25, -0.2) is 4.39 Å². The Morgan fingerprint density at radius 1 is 1.62 bits per heavy atom. The van der Waals surface area contributed by atoms with E-state index in [-0.39, 0.29) is 5.69 Å². The highest BCUT2D eigenvalue weighted by Crippen LogP contribution is 2.25. The van der Waals surface area contributed by atoms with Crippen molar-refractivity contribution < 1.29 is 19.2 Å². The number of anilines is 1. The molecule has 1 rings (SSSR count). The molecule has 0 radical (unpaired) electrons. The molecular weight excluding hydrogens is 219 g/mol. The first-order valence-electron chi connectivity index (χ1n) is 4.35. The van der Waals surface area contributed by atoms with Crippen molar-refractivity contribution in [3.05, 3.63) is 34.1 Å². The van der Waals surface area contributed by atoms with Gasteiger partial charge in [-0.1, -0.05) is 0 Å². The first kappa shape index (κ1) is 11.9. The molecule has 0 bridgehead atoms. The van der Waals surface area contributed by atoms with Crippen molar-refractivity contribution >= 4 is 17.3 Å². The SMILES string of the molecule is CC(Nc1ccc(F)cc1[N+](=O)[O-])C(=O)O. The van der Waals surface area contributed by atoms with Gasteiger partial charge in [0, 0.05) is 0 Å². The highest BCUT2D eigenvalue weighted by atomic mass is 19.1. The highest BCUT2D eigenvalue weighted by molar-refractivity contribution is 5.78. The quantitative estimate of drug-likeness (QED) is 0.603. The third-order valence-electron chi connectivity index (χ3n) is 1.90. The first-order chi connectivity index (χ1) is 7.41. The summed E-state index contributed by atoms with van der Waals surface area (Å²) in [5.41, 5.74) is -0.519. The summed E-state index contributed by atoms with van der Waals surface area (Å²) in [6.07, 6.45) is 0. The van der Waals surface area contributed by atoms with Crippen LogP contribution in [0.1, 0.15) is 6.92 Å². The van der Waals surface area contributed by atoms with Gasteiger partial charge in [0.2, 0.25) is 0 Å². The molecule has 0 aliphatic rings. The summed E-state index contributed by atoms with van der Waals surface area (Å²) >= 11 is 0. The van der Waals surface area contributed by atoms with E-state index in [0.29, 0.717) is 0 Å². The second-order valence-corrected chi connectivity index (χ2v) is 3.12. The minimum absolute atomic E-state index is 0.0266. The van der Waals surface area contributed by atoms with Gasteiger partial charge in [-0.05, 0) is 19.1 Å². The van der Waals surface area contributed by atoms with Gasteiger partial charge in [0.15, 0.2) is 0 Å². The number of halogens is 1. The lowest BCUT2D eigenvalue weighted by Gasteiger charge is -2.10. The second-order valence-electron chi connectivity index (χ2n) is 3.12. The lowest BCUT2D eigenvalue weighted by atomic mass is 10.2. The number of hydrogen-bond acceptors (Lipinski definition) is 4. The van der Waals surface area contributed by atoms with Crippen LogP contribution in [0.2, 0.25) is 0 Å². The summed E-state index contributed by atoms with van der Waals surface area (Å²) in [6, 6.07) is 1.89. The number of hydrogen-bond donors (Lipinski definition) is 2. The molecule has 0 aliphatic heterocycles. The number of nitro benzene ring substituents is 1. The zero-order valence-electron chi connectivity index (χ0n) is 8.31. The largest absolute Gasteiger partial charge is 0.480 e. The average molecular weight is 228 g/mol. The van der Waals surface area contributed by atoms with Gasteiger partial charge in [-0.15, -0.1) is 0 Å². The van der Waals surface area contributed by atoms with Crippen LogP contribution < -0.4 is 5.32 Å². The average Bonchev–Trinajstić information content (AvgIpc) is 2.20. The number of carboxylic acid groups (broad SMARTS) is 1. The van der Waals surface area contributed by atoms with Gasteiger partial charge in [0.25, 0.3) is 5.69 Å². The van der Waals surface area contributed by atoms with Crippen molar-refractivity contribution in [3.63, 3.8) is 0 Å². The summed E-state index contributed by atoms with van der Waals surface area (Å²) in [7, 11) is 0. The van der Waals surface area contributed by atoms with Gasteiger partial charge in [-0.2, -0.15) is 0 Å². The van der Waals surface area contributed by atoms with Gasteiger partial charge in [0.05, 0.1) is 11.0 Å². The minimum Gasteiger partial charge on any atom is -0.480 e. The molecule has 86 valence electrons. The molecule has 1 unspecified atom stereocenters. The van der Waals surface area contributed by atoms with Gasteiger partial charge < -0.3 is 10.4 Å². The maximum absolute atomic E-state index is 12.8. The third kappa shape index (κ3) is 2.66. The highest BCUT2D eigenvalue weighted by Gasteiger charge is 2.18. The van der Waals surface area contributed by atoms with Crippen molar-refractivity contribution in [2.45, 2.75) is 13.0 Å². The van der Waals surface area contributed by atoms with E-state index in [4.69, 9.17) is 5.11 Å². The van der Waals surface area contributed by atoms with E-state index in [1.807, 2.05) is 0 Å². The Labute approximate surface area is 89.9 Å². The summed E-state index contributed by atoms with van der Waals surface area (Å²) < 4.78 is 12.8. The van der Waals surface area contributed by atoms with Crippen LogP contribution in [0.3, 0.4) is 0 Å². The monoisotopic (exact) mass is 228 g/mol. The van der Waals surface area contributed by atoms with Gasteiger partial charge >= 0.3 is 5.97 Å². The van der Waals surface area contributed by atoms with Crippen molar-refractivity contribution in [2.24, 2.45) is 0 Å². The Balaban J connectivity index is 3.04. The number of nitrogens with zero attached hydrogens (tertiary/aromatic N) is 1. The second kappa shape index (κ2) is 4.56. The molecular formula is C9H9FN2O4. The van der Waals surface area contributed by atoms with E-state index in [1.54, 1.807) is 0 Å². The predicted molar refractivity (Wildman–Crippen MR) is 53.8 cm³/mol. The molecule has 0 aliphatic carbocycles. The molecule has 1 atom stereocenters. The van der Waals surface area contributed by atoms with Crippen LogP contribution in [-0.2, 0) is 4.79 Å². The van der Waals surface area contributed by atoms with Crippen molar-refractivity contribution in [1.29, 1.82) is 0 Å². The molecule has 0 saturated heterocycles. The maximum Gasteiger partial charge on any atom is 0.325 e. The van der Waals surface area contributed by atoms with E-state index in [0.717, 1.165) is 18.2 Å². The Bertz CT molecular complexity index is 436. The van der Waals surface area contributed by atoms with Crippen molar-refractivity contribution in [1.82, 2.24) is 0 Å². The topological polar surface area (TPSA) is 92.5 Å². The third-order valence-corrected chi connectivity index (χ3v) is 1.90. The molecule has 7 heteroatoms. The number of nitro groups is 1. The van der Waals surface area contributed by atoms with Gasteiger partial charge in [0.1, 0.15) is 17.5 Å². The maximum atomic E-state index is 12.8. The first-order valence-corrected chi connectivity index (χ1v) is 4.35. The Kier molecular flexibility index (Phi) is 3.39. The molecule has 1 aromatic rings. The van der Waals surface area contributed by atoms with E-state index < -0.39 is 28.4 Å². The van der Waals surface area contributed by atoms with Crippen LogP contribution >= 0.6 is 0 Å². The van der Waals surface area contributed by atoms with E-state index in [1.165, 1.54) is 6.92 Å². The molecule has 6 nitrogen and oxygen atoms in total. The van der Waals surface area contributed by atoms with Crippen molar-refractivity contribution in [3.8, 4) is 0 Å². The van der Waals surface area contributed by atoms with Crippen LogP contribution in [0.5, 0.6) is 0 Å². The number of carbonyl (C=O) groups is 1. The minimum atomic E-state index is -1.15. The molecule has 0 saturated carbocycles. The Hall–Kier alpha value is -2.18. The molecule has 0 amide bonds. The lowest BCUT2D eigenvalue weighted by molar-refractivity contribution is -0.384. The Morgan fingerprint density at radius 2 is 2.25 bits per heavy atom. The van der Waals surface area contributed by atoms with E-state index >= 15 is 0 Å². The molecule has 0 heterocycles.